The second-order valence-corrected chi connectivity index (χ2v) is 8.79. The van der Waals surface area contributed by atoms with Gasteiger partial charge in [-0.05, 0) is 36.5 Å². The number of fused-ring (bicyclic) bond motifs is 1. The number of alkyl carbamates (subject to hydrolysis) is 1. The minimum atomic E-state index is -0.655. The largest absolute Gasteiger partial charge is 0.442 e. The molecule has 3 fully saturated rings. The molecule has 1 aliphatic carbocycles. The van der Waals surface area contributed by atoms with Crippen LogP contribution in [0.2, 0.25) is 0 Å². The van der Waals surface area contributed by atoms with E-state index in [1.54, 1.807) is 11.0 Å². The van der Waals surface area contributed by atoms with Crippen molar-refractivity contribution in [3.63, 3.8) is 0 Å². The fraction of sp³-hybridized carbons (Fsp3) is 0.500. The quantitative estimate of drug-likeness (QED) is 0.635. The molecule has 10 nitrogen and oxygen atoms in total. The fourth-order valence-electron chi connectivity index (χ4n) is 4.36. The number of nitrogens with zero attached hydrogens (tertiary/aromatic N) is 2. The van der Waals surface area contributed by atoms with Crippen molar-refractivity contribution < 1.29 is 28.7 Å². The van der Waals surface area contributed by atoms with E-state index in [4.69, 9.17) is 4.74 Å². The zero-order valence-corrected chi connectivity index (χ0v) is 17.5. The van der Waals surface area contributed by atoms with Crippen LogP contribution >= 0.6 is 0 Å². The van der Waals surface area contributed by atoms with Gasteiger partial charge in [0.25, 0.3) is 5.91 Å². The van der Waals surface area contributed by atoms with Crippen molar-refractivity contribution in [1.82, 2.24) is 20.4 Å². The first kappa shape index (κ1) is 20.5. The Balaban J connectivity index is 1.12. The van der Waals surface area contributed by atoms with E-state index in [1.165, 1.54) is 4.90 Å². The molecule has 5 amide bonds. The number of piperidine rings is 1. The van der Waals surface area contributed by atoms with Gasteiger partial charge in [0.05, 0.1) is 13.1 Å². The van der Waals surface area contributed by atoms with Crippen LogP contribution in [0.5, 0.6) is 0 Å². The smallest absolute Gasteiger partial charge is 0.407 e. The summed E-state index contributed by atoms with van der Waals surface area (Å²) in [5.74, 6) is -0.702. The number of hydrogen-bond acceptors (Lipinski definition) is 6. The third-order valence-corrected chi connectivity index (χ3v) is 6.39. The number of hydrogen-bond donors (Lipinski definition) is 2. The first-order valence-electron chi connectivity index (χ1n) is 10.9. The molecule has 3 heterocycles. The van der Waals surface area contributed by atoms with Crippen LogP contribution in [-0.4, -0.2) is 64.8 Å². The molecule has 32 heavy (non-hydrogen) atoms. The second-order valence-electron chi connectivity index (χ2n) is 8.79. The van der Waals surface area contributed by atoms with E-state index >= 15 is 0 Å². The fourth-order valence-corrected chi connectivity index (χ4v) is 4.36. The Morgan fingerprint density at radius 2 is 1.91 bits per heavy atom. The van der Waals surface area contributed by atoms with Gasteiger partial charge in [-0.3, -0.25) is 24.5 Å². The Bertz CT molecular complexity index is 1010. The molecule has 1 unspecified atom stereocenters. The van der Waals surface area contributed by atoms with Gasteiger partial charge >= 0.3 is 6.09 Å². The normalized spacial score (nSPS) is 22.9. The summed E-state index contributed by atoms with van der Waals surface area (Å²) in [6.45, 7) is 1.38. The molecule has 0 spiro atoms. The molecule has 0 bridgehead atoms. The number of carbonyl (C=O) groups is 5. The molecular weight excluding hydrogens is 416 g/mol. The molecule has 0 radical (unpaired) electrons. The second kappa shape index (κ2) is 7.92. The van der Waals surface area contributed by atoms with Crippen molar-refractivity contribution >= 4 is 29.7 Å². The van der Waals surface area contributed by atoms with Gasteiger partial charge in [0.1, 0.15) is 12.1 Å². The van der Waals surface area contributed by atoms with Crippen LogP contribution in [0.15, 0.2) is 18.2 Å². The number of ether oxygens (including phenoxy) is 1. The highest BCUT2D eigenvalue weighted by Crippen LogP contribution is 2.33. The summed E-state index contributed by atoms with van der Waals surface area (Å²) in [5.41, 5.74) is 2.04. The van der Waals surface area contributed by atoms with Crippen LogP contribution in [0.4, 0.5) is 4.79 Å². The van der Waals surface area contributed by atoms with Crippen molar-refractivity contribution in [3.05, 3.63) is 34.9 Å². The zero-order chi connectivity index (χ0) is 22.4. The van der Waals surface area contributed by atoms with Gasteiger partial charge in [-0.1, -0.05) is 12.1 Å². The molecule has 2 saturated heterocycles. The van der Waals surface area contributed by atoms with Crippen molar-refractivity contribution in [2.24, 2.45) is 5.92 Å². The van der Waals surface area contributed by atoms with Gasteiger partial charge in [0.15, 0.2) is 0 Å². The molecule has 1 saturated carbocycles. The SMILES string of the molecule is O=C1CCC(N2Cc3ccc(CNC(=O)OC4CN(C(=O)C5CC5)C4)cc3C2=O)C(=O)N1. The van der Waals surface area contributed by atoms with Gasteiger partial charge in [0.2, 0.25) is 17.7 Å². The van der Waals surface area contributed by atoms with Crippen molar-refractivity contribution in [2.75, 3.05) is 13.1 Å². The van der Waals surface area contributed by atoms with Crippen molar-refractivity contribution in [3.8, 4) is 0 Å². The monoisotopic (exact) mass is 440 g/mol. The lowest BCUT2D eigenvalue weighted by Gasteiger charge is -2.38. The average molecular weight is 440 g/mol. The molecule has 4 aliphatic rings. The lowest BCUT2D eigenvalue weighted by Crippen LogP contribution is -2.56. The summed E-state index contributed by atoms with van der Waals surface area (Å²) in [5, 5.41) is 4.96. The third-order valence-electron chi connectivity index (χ3n) is 6.39. The Morgan fingerprint density at radius 1 is 1.12 bits per heavy atom. The predicted octanol–water partition coefficient (Wildman–Crippen LogP) is 0.295. The zero-order valence-electron chi connectivity index (χ0n) is 17.5. The van der Waals surface area contributed by atoms with Gasteiger partial charge in [-0.15, -0.1) is 0 Å². The first-order valence-corrected chi connectivity index (χ1v) is 10.9. The minimum Gasteiger partial charge on any atom is -0.442 e. The standard InChI is InChI=1S/C22H24N4O6/c27-18-6-5-17(19(28)24-18)26-9-14-2-1-12(7-16(14)21(26)30)8-23-22(31)32-15-10-25(11-15)20(29)13-3-4-13/h1-2,7,13,15,17H,3-6,8-11H2,(H,23,31)(H,24,27,28). The molecule has 1 aromatic carbocycles. The van der Waals surface area contributed by atoms with Crippen molar-refractivity contribution in [2.45, 2.75) is 50.9 Å². The van der Waals surface area contributed by atoms with E-state index in [1.807, 2.05) is 12.1 Å². The molecule has 168 valence electrons. The average Bonchev–Trinajstić information content (AvgIpc) is 3.53. The maximum absolute atomic E-state index is 12.9. The Hall–Kier alpha value is -3.43. The highest BCUT2D eigenvalue weighted by atomic mass is 16.6. The molecule has 10 heteroatoms. The van der Waals surface area contributed by atoms with E-state index in [0.29, 0.717) is 31.6 Å². The number of imide groups is 1. The number of amides is 5. The van der Waals surface area contributed by atoms with Gasteiger partial charge < -0.3 is 19.9 Å². The lowest BCUT2D eigenvalue weighted by molar-refractivity contribution is -0.142. The third kappa shape index (κ3) is 3.92. The molecule has 3 aliphatic heterocycles. The summed E-state index contributed by atoms with van der Waals surface area (Å²) < 4.78 is 5.33. The molecule has 2 N–H and O–H groups in total. The van der Waals surface area contributed by atoms with Crippen LogP contribution in [0, 0.1) is 5.92 Å². The number of benzene rings is 1. The number of nitrogens with one attached hydrogen (secondary N) is 2. The van der Waals surface area contributed by atoms with Gasteiger partial charge in [-0.2, -0.15) is 0 Å². The summed E-state index contributed by atoms with van der Waals surface area (Å²) in [6, 6.07) is 4.69. The lowest BCUT2D eigenvalue weighted by atomic mass is 10.0. The van der Waals surface area contributed by atoms with E-state index in [0.717, 1.165) is 24.0 Å². The van der Waals surface area contributed by atoms with Gasteiger partial charge in [-0.25, -0.2) is 4.79 Å². The van der Waals surface area contributed by atoms with Crippen LogP contribution in [0.25, 0.3) is 0 Å². The van der Waals surface area contributed by atoms with E-state index in [9.17, 15) is 24.0 Å². The highest BCUT2D eigenvalue weighted by molar-refractivity contribution is 6.05. The van der Waals surface area contributed by atoms with E-state index in [2.05, 4.69) is 10.6 Å². The maximum atomic E-state index is 12.9. The summed E-state index contributed by atoms with van der Waals surface area (Å²) >= 11 is 0. The molecular formula is C22H24N4O6. The first-order chi connectivity index (χ1) is 15.4. The minimum absolute atomic E-state index is 0.152. The summed E-state index contributed by atoms with van der Waals surface area (Å²) in [4.78, 5) is 63.6. The maximum Gasteiger partial charge on any atom is 0.407 e. The molecule has 1 aromatic rings. The Morgan fingerprint density at radius 3 is 2.62 bits per heavy atom. The van der Waals surface area contributed by atoms with E-state index < -0.39 is 18.0 Å². The van der Waals surface area contributed by atoms with Crippen molar-refractivity contribution in [1.29, 1.82) is 0 Å². The topological polar surface area (TPSA) is 125 Å². The van der Waals surface area contributed by atoms with Crippen LogP contribution in [0.3, 0.4) is 0 Å². The predicted molar refractivity (Wildman–Crippen MR) is 109 cm³/mol. The number of carbonyl (C=O) groups excluding carboxylic acids is 5. The van der Waals surface area contributed by atoms with E-state index in [-0.39, 0.29) is 42.7 Å². The molecule has 0 aromatic heterocycles. The van der Waals surface area contributed by atoms with Crippen LogP contribution in [-0.2, 0) is 32.2 Å². The summed E-state index contributed by atoms with van der Waals surface area (Å²) in [7, 11) is 0. The molecule has 1 atom stereocenters. The summed E-state index contributed by atoms with van der Waals surface area (Å²) in [6.07, 6.45) is 1.58. The van der Waals surface area contributed by atoms with Crippen LogP contribution < -0.4 is 10.6 Å². The number of likely N-dealkylation sites (tertiary alicyclic amines) is 1. The van der Waals surface area contributed by atoms with Gasteiger partial charge in [0, 0.05) is 31.0 Å². The van der Waals surface area contributed by atoms with Crippen LogP contribution in [0.1, 0.15) is 47.2 Å². The number of rotatable bonds is 5. The Kier molecular flexibility index (Phi) is 5.07. The highest BCUT2D eigenvalue weighted by Gasteiger charge is 2.41. The Labute approximate surface area is 184 Å². The molecule has 5 rings (SSSR count).